The van der Waals surface area contributed by atoms with Gasteiger partial charge in [0, 0.05) is 11.3 Å². The SMILES string of the molecule is CCOC(=O)c1cccc(N2C(=O)C(=O)/C(=C(\O)c3ccc4c(c3)OCO4)C2c2cccc(C)c2)c1. The van der Waals surface area contributed by atoms with Gasteiger partial charge in [0.1, 0.15) is 5.76 Å². The minimum absolute atomic E-state index is 0.0596. The molecule has 0 radical (unpaired) electrons. The second kappa shape index (κ2) is 9.22. The summed E-state index contributed by atoms with van der Waals surface area (Å²) in [7, 11) is 0. The summed E-state index contributed by atoms with van der Waals surface area (Å²) in [5.74, 6) is -1.56. The summed E-state index contributed by atoms with van der Waals surface area (Å²) < 4.78 is 15.8. The van der Waals surface area contributed by atoms with Crippen molar-refractivity contribution < 1.29 is 33.7 Å². The van der Waals surface area contributed by atoms with Crippen molar-refractivity contribution >= 4 is 29.1 Å². The Balaban J connectivity index is 1.68. The average Bonchev–Trinajstić information content (AvgIpc) is 3.45. The molecule has 0 spiro atoms. The summed E-state index contributed by atoms with van der Waals surface area (Å²) in [5, 5.41) is 11.3. The van der Waals surface area contributed by atoms with Gasteiger partial charge in [-0.3, -0.25) is 14.5 Å². The minimum Gasteiger partial charge on any atom is -0.507 e. The summed E-state index contributed by atoms with van der Waals surface area (Å²) >= 11 is 0. The first kappa shape index (κ1) is 23.2. The number of aliphatic hydroxyl groups excluding tert-OH is 1. The Labute approximate surface area is 207 Å². The molecule has 1 N–H and O–H groups in total. The number of amides is 1. The Morgan fingerprint density at radius 2 is 1.78 bits per heavy atom. The van der Waals surface area contributed by atoms with Crippen molar-refractivity contribution in [2.45, 2.75) is 19.9 Å². The molecule has 0 aliphatic carbocycles. The summed E-state index contributed by atoms with van der Waals surface area (Å²) in [4.78, 5) is 40.4. The number of ketones is 1. The first-order valence-electron chi connectivity index (χ1n) is 11.4. The maximum atomic E-state index is 13.4. The monoisotopic (exact) mass is 485 g/mol. The van der Waals surface area contributed by atoms with Crippen molar-refractivity contribution in [2.24, 2.45) is 0 Å². The Morgan fingerprint density at radius 3 is 2.56 bits per heavy atom. The van der Waals surface area contributed by atoms with Crippen molar-refractivity contribution in [3.8, 4) is 11.5 Å². The lowest BCUT2D eigenvalue weighted by Gasteiger charge is -2.26. The van der Waals surface area contributed by atoms with Crippen molar-refractivity contribution in [3.05, 3.63) is 94.6 Å². The van der Waals surface area contributed by atoms with E-state index in [0.29, 0.717) is 28.3 Å². The number of aliphatic hydroxyl groups is 1. The third kappa shape index (κ3) is 3.96. The van der Waals surface area contributed by atoms with Crippen LogP contribution in [0.4, 0.5) is 5.69 Å². The van der Waals surface area contributed by atoms with Crippen molar-refractivity contribution in [1.29, 1.82) is 0 Å². The Kier molecular flexibility index (Phi) is 5.93. The molecule has 8 nitrogen and oxygen atoms in total. The van der Waals surface area contributed by atoms with E-state index in [1.165, 1.54) is 11.0 Å². The van der Waals surface area contributed by atoms with Crippen molar-refractivity contribution in [1.82, 2.24) is 0 Å². The molecule has 3 aromatic rings. The minimum atomic E-state index is -0.923. The van der Waals surface area contributed by atoms with Crippen LogP contribution in [0.15, 0.2) is 72.3 Å². The number of aryl methyl sites for hydroxylation is 1. The van der Waals surface area contributed by atoms with Gasteiger partial charge in [-0.25, -0.2) is 4.79 Å². The normalized spacial score (nSPS) is 17.9. The van der Waals surface area contributed by atoms with Crippen LogP contribution in [-0.4, -0.2) is 36.2 Å². The van der Waals surface area contributed by atoms with Gasteiger partial charge in [-0.2, -0.15) is 0 Å². The molecule has 1 unspecified atom stereocenters. The number of fused-ring (bicyclic) bond motifs is 1. The molecular weight excluding hydrogens is 462 g/mol. The molecule has 5 rings (SSSR count). The molecule has 1 fully saturated rings. The fraction of sp³-hybridized carbons (Fsp3) is 0.179. The maximum Gasteiger partial charge on any atom is 0.338 e. The summed E-state index contributed by atoms with van der Waals surface area (Å²) in [6, 6.07) is 17.6. The van der Waals surface area contributed by atoms with Crippen LogP contribution in [0.25, 0.3) is 5.76 Å². The molecule has 2 aliphatic rings. The fourth-order valence-electron chi connectivity index (χ4n) is 4.45. The highest BCUT2D eigenvalue weighted by molar-refractivity contribution is 6.51. The highest BCUT2D eigenvalue weighted by Crippen LogP contribution is 2.43. The molecule has 36 heavy (non-hydrogen) atoms. The third-order valence-corrected chi connectivity index (χ3v) is 6.08. The fourth-order valence-corrected chi connectivity index (χ4v) is 4.45. The first-order valence-corrected chi connectivity index (χ1v) is 11.4. The van der Waals surface area contributed by atoms with Crippen molar-refractivity contribution in [2.75, 3.05) is 18.3 Å². The van der Waals surface area contributed by atoms with E-state index in [0.717, 1.165) is 5.56 Å². The van der Waals surface area contributed by atoms with E-state index in [1.807, 2.05) is 25.1 Å². The van der Waals surface area contributed by atoms with E-state index in [-0.39, 0.29) is 30.3 Å². The predicted octanol–water partition coefficient (Wildman–Crippen LogP) is 4.53. The van der Waals surface area contributed by atoms with Crippen LogP contribution in [0.5, 0.6) is 11.5 Å². The number of carbonyl (C=O) groups excluding carboxylic acids is 3. The molecule has 1 atom stereocenters. The van der Waals surface area contributed by atoms with Gasteiger partial charge in [0.2, 0.25) is 6.79 Å². The zero-order valence-electron chi connectivity index (χ0n) is 19.7. The van der Waals surface area contributed by atoms with E-state index < -0.39 is 23.7 Å². The third-order valence-electron chi connectivity index (χ3n) is 6.08. The number of ether oxygens (including phenoxy) is 3. The summed E-state index contributed by atoms with van der Waals surface area (Å²) in [5.41, 5.74) is 2.38. The number of nitrogens with zero attached hydrogens (tertiary/aromatic N) is 1. The second-order valence-corrected chi connectivity index (χ2v) is 8.42. The van der Waals surface area contributed by atoms with Crippen LogP contribution < -0.4 is 14.4 Å². The summed E-state index contributed by atoms with van der Waals surface area (Å²) in [6.07, 6.45) is 0. The highest BCUT2D eigenvalue weighted by Gasteiger charge is 2.47. The van der Waals surface area contributed by atoms with E-state index in [4.69, 9.17) is 14.2 Å². The quantitative estimate of drug-likeness (QED) is 0.245. The van der Waals surface area contributed by atoms with Crippen LogP contribution in [0.1, 0.15) is 40.0 Å². The summed E-state index contributed by atoms with van der Waals surface area (Å²) in [6.45, 7) is 3.86. The molecule has 2 heterocycles. The van der Waals surface area contributed by atoms with E-state index in [9.17, 15) is 19.5 Å². The number of carbonyl (C=O) groups is 3. The Hall–Kier alpha value is -4.59. The molecule has 182 valence electrons. The van der Waals surface area contributed by atoms with Gasteiger partial charge in [-0.05, 0) is 55.8 Å². The van der Waals surface area contributed by atoms with Gasteiger partial charge in [-0.1, -0.05) is 35.9 Å². The number of anilines is 1. The molecule has 2 aliphatic heterocycles. The molecule has 0 bridgehead atoms. The standard InChI is InChI=1S/C28H23NO7/c1-3-34-28(33)19-8-5-9-20(13-19)29-24(17-7-4-6-16(2)12-17)23(26(31)27(29)32)25(30)18-10-11-21-22(14-18)36-15-35-21/h4-14,24,30H,3,15H2,1-2H3/b25-23-. The predicted molar refractivity (Wildman–Crippen MR) is 131 cm³/mol. The van der Waals surface area contributed by atoms with Crippen molar-refractivity contribution in [3.63, 3.8) is 0 Å². The average molecular weight is 485 g/mol. The molecule has 1 amide bonds. The zero-order chi connectivity index (χ0) is 25.4. The van der Waals surface area contributed by atoms with E-state index in [1.54, 1.807) is 49.4 Å². The number of hydrogen-bond acceptors (Lipinski definition) is 7. The van der Waals surface area contributed by atoms with Crippen LogP contribution >= 0.6 is 0 Å². The largest absolute Gasteiger partial charge is 0.507 e. The zero-order valence-corrected chi connectivity index (χ0v) is 19.7. The number of esters is 1. The highest BCUT2D eigenvalue weighted by atomic mass is 16.7. The number of Topliss-reactive ketones (excluding diaryl/α,β-unsaturated/α-hetero) is 1. The number of hydrogen-bond donors (Lipinski definition) is 1. The van der Waals surface area contributed by atoms with Crippen LogP contribution in [0.3, 0.4) is 0 Å². The first-order chi connectivity index (χ1) is 17.4. The van der Waals surface area contributed by atoms with Crippen LogP contribution in [-0.2, 0) is 14.3 Å². The number of benzene rings is 3. The van der Waals surface area contributed by atoms with Gasteiger partial charge in [0.05, 0.1) is 23.8 Å². The molecule has 1 saturated heterocycles. The second-order valence-electron chi connectivity index (χ2n) is 8.42. The maximum absolute atomic E-state index is 13.4. The van der Waals surface area contributed by atoms with Crippen LogP contribution in [0.2, 0.25) is 0 Å². The van der Waals surface area contributed by atoms with E-state index >= 15 is 0 Å². The number of rotatable bonds is 5. The molecule has 0 aromatic heterocycles. The Morgan fingerprint density at radius 1 is 1.00 bits per heavy atom. The molecular formula is C28H23NO7. The van der Waals surface area contributed by atoms with Crippen LogP contribution in [0, 0.1) is 6.92 Å². The topological polar surface area (TPSA) is 102 Å². The molecule has 8 heteroatoms. The van der Waals surface area contributed by atoms with Gasteiger partial charge >= 0.3 is 5.97 Å². The van der Waals surface area contributed by atoms with Gasteiger partial charge in [0.15, 0.2) is 11.5 Å². The lowest BCUT2D eigenvalue weighted by molar-refractivity contribution is -0.132. The Bertz CT molecular complexity index is 1420. The smallest absolute Gasteiger partial charge is 0.338 e. The molecule has 3 aromatic carbocycles. The lowest BCUT2D eigenvalue weighted by atomic mass is 9.94. The lowest BCUT2D eigenvalue weighted by Crippen LogP contribution is -2.29. The van der Waals surface area contributed by atoms with Gasteiger partial charge in [-0.15, -0.1) is 0 Å². The van der Waals surface area contributed by atoms with Gasteiger partial charge < -0.3 is 19.3 Å². The van der Waals surface area contributed by atoms with E-state index in [2.05, 4.69) is 0 Å². The molecule has 0 saturated carbocycles. The van der Waals surface area contributed by atoms with Gasteiger partial charge in [0.25, 0.3) is 11.7 Å².